The minimum absolute atomic E-state index is 0.218. The van der Waals surface area contributed by atoms with Crippen LogP contribution in [0.1, 0.15) is 10.4 Å². The summed E-state index contributed by atoms with van der Waals surface area (Å²) in [6.45, 7) is 0. The molecule has 0 unspecified atom stereocenters. The van der Waals surface area contributed by atoms with E-state index in [1.807, 2.05) is 0 Å². The van der Waals surface area contributed by atoms with E-state index in [9.17, 15) is 4.79 Å². The van der Waals surface area contributed by atoms with Crippen molar-refractivity contribution in [1.82, 2.24) is 0 Å². The fourth-order valence-electron chi connectivity index (χ4n) is 1.31. The topological polar surface area (TPSA) is 51.5 Å². The predicted octanol–water partition coefficient (Wildman–Crippen LogP) is 3.30. The maximum Gasteiger partial charge on any atom is 0.258 e. The molecule has 0 aliphatic rings. The van der Waals surface area contributed by atoms with Gasteiger partial charge in [-0.05, 0) is 40.2 Å². The second-order valence-corrected chi connectivity index (χ2v) is 4.10. The van der Waals surface area contributed by atoms with E-state index >= 15 is 0 Å². The maximum absolute atomic E-state index is 11.8. The molecule has 1 amide bonds. The van der Waals surface area contributed by atoms with Gasteiger partial charge in [-0.3, -0.25) is 4.79 Å². The van der Waals surface area contributed by atoms with Gasteiger partial charge in [0.05, 0.1) is 12.7 Å². The van der Waals surface area contributed by atoms with Gasteiger partial charge in [0.25, 0.3) is 5.91 Å². The first kappa shape index (κ1) is 11.7. The lowest BCUT2D eigenvalue weighted by molar-refractivity contribution is 0.102. The van der Waals surface area contributed by atoms with Crippen LogP contribution in [0.25, 0.3) is 0 Å². The molecule has 1 aromatic carbocycles. The van der Waals surface area contributed by atoms with Gasteiger partial charge in [-0.2, -0.15) is 0 Å². The lowest BCUT2D eigenvalue weighted by Gasteiger charge is -2.04. The average Bonchev–Trinajstić information content (AvgIpc) is 2.77. The summed E-state index contributed by atoms with van der Waals surface area (Å²) in [5, 5.41) is 2.75. The highest BCUT2D eigenvalue weighted by Crippen LogP contribution is 2.18. The third-order valence-corrected chi connectivity index (χ3v) is 2.59. The van der Waals surface area contributed by atoms with Crippen molar-refractivity contribution >= 4 is 27.5 Å². The predicted molar refractivity (Wildman–Crippen MR) is 67.4 cm³/mol. The van der Waals surface area contributed by atoms with Crippen LogP contribution in [0.4, 0.5) is 5.69 Å². The second kappa shape index (κ2) is 5.05. The van der Waals surface area contributed by atoms with Gasteiger partial charge in [0.15, 0.2) is 4.67 Å². The summed E-state index contributed by atoms with van der Waals surface area (Å²) in [4.78, 5) is 11.8. The van der Waals surface area contributed by atoms with E-state index in [4.69, 9.17) is 9.15 Å². The molecule has 88 valence electrons. The van der Waals surface area contributed by atoms with Crippen molar-refractivity contribution in [2.45, 2.75) is 0 Å². The normalized spacial score (nSPS) is 10.0. The van der Waals surface area contributed by atoms with E-state index < -0.39 is 0 Å². The molecule has 0 saturated heterocycles. The molecule has 0 spiro atoms. The number of carbonyl (C=O) groups excluding carboxylic acids is 1. The minimum atomic E-state index is -0.218. The number of halogens is 1. The number of carbonyl (C=O) groups is 1. The highest BCUT2D eigenvalue weighted by atomic mass is 79.9. The van der Waals surface area contributed by atoms with E-state index in [0.29, 0.717) is 15.9 Å². The van der Waals surface area contributed by atoms with Gasteiger partial charge >= 0.3 is 0 Å². The Bertz CT molecular complexity index is 519. The van der Waals surface area contributed by atoms with E-state index in [1.54, 1.807) is 37.4 Å². The summed E-state index contributed by atoms with van der Waals surface area (Å²) >= 11 is 3.14. The molecule has 4 nitrogen and oxygen atoms in total. The van der Waals surface area contributed by atoms with Gasteiger partial charge in [-0.1, -0.05) is 0 Å². The molecular weight excluding hydrogens is 286 g/mol. The average molecular weight is 296 g/mol. The van der Waals surface area contributed by atoms with Crippen molar-refractivity contribution in [2.24, 2.45) is 0 Å². The third-order valence-electron chi connectivity index (χ3n) is 2.18. The van der Waals surface area contributed by atoms with Gasteiger partial charge in [-0.25, -0.2) is 0 Å². The number of ether oxygens (including phenoxy) is 1. The van der Waals surface area contributed by atoms with Gasteiger partial charge in [-0.15, -0.1) is 0 Å². The van der Waals surface area contributed by atoms with Crippen molar-refractivity contribution in [3.8, 4) is 5.75 Å². The fraction of sp³-hybridized carbons (Fsp3) is 0.0833. The van der Waals surface area contributed by atoms with Crippen molar-refractivity contribution < 1.29 is 13.9 Å². The lowest BCUT2D eigenvalue weighted by atomic mass is 10.2. The number of furan rings is 1. The van der Waals surface area contributed by atoms with Crippen LogP contribution in [-0.2, 0) is 0 Å². The van der Waals surface area contributed by atoms with Crippen LogP contribution in [0, 0.1) is 0 Å². The summed E-state index contributed by atoms with van der Waals surface area (Å²) in [7, 11) is 1.59. The molecule has 0 aliphatic carbocycles. The van der Waals surface area contributed by atoms with Crippen LogP contribution in [-0.4, -0.2) is 13.0 Å². The number of hydrogen-bond acceptors (Lipinski definition) is 3. The highest BCUT2D eigenvalue weighted by Gasteiger charge is 2.09. The van der Waals surface area contributed by atoms with Crippen LogP contribution in [0.3, 0.4) is 0 Å². The zero-order valence-electron chi connectivity index (χ0n) is 9.07. The number of nitrogens with one attached hydrogen (secondary N) is 1. The SMILES string of the molecule is COc1ccc(NC(=O)c2coc(Br)c2)cc1. The summed E-state index contributed by atoms with van der Waals surface area (Å²) in [5.74, 6) is 0.527. The number of rotatable bonds is 3. The zero-order valence-corrected chi connectivity index (χ0v) is 10.7. The summed E-state index contributed by atoms with van der Waals surface area (Å²) in [6.07, 6.45) is 1.39. The van der Waals surface area contributed by atoms with Crippen molar-refractivity contribution in [3.63, 3.8) is 0 Å². The third kappa shape index (κ3) is 2.88. The number of amides is 1. The molecule has 2 rings (SSSR count). The Hall–Kier alpha value is -1.75. The van der Waals surface area contributed by atoms with E-state index in [0.717, 1.165) is 5.75 Å². The first-order valence-electron chi connectivity index (χ1n) is 4.88. The molecule has 0 saturated carbocycles. The summed E-state index contributed by atoms with van der Waals surface area (Å²) in [6, 6.07) is 8.71. The lowest BCUT2D eigenvalue weighted by Crippen LogP contribution is -2.10. The van der Waals surface area contributed by atoms with E-state index in [1.165, 1.54) is 6.26 Å². The first-order chi connectivity index (χ1) is 8.19. The number of hydrogen-bond donors (Lipinski definition) is 1. The van der Waals surface area contributed by atoms with Crippen LogP contribution in [0.5, 0.6) is 5.75 Å². The first-order valence-corrected chi connectivity index (χ1v) is 5.68. The molecular formula is C12H10BrNO3. The molecule has 0 aliphatic heterocycles. The Kier molecular flexibility index (Phi) is 3.49. The van der Waals surface area contributed by atoms with Gasteiger partial charge in [0, 0.05) is 11.8 Å². The molecule has 0 radical (unpaired) electrons. The number of anilines is 1. The molecule has 0 fully saturated rings. The standard InChI is InChI=1S/C12H10BrNO3/c1-16-10-4-2-9(3-5-10)14-12(15)8-6-11(13)17-7-8/h2-7H,1H3,(H,14,15). The molecule has 2 aromatic rings. The maximum atomic E-state index is 11.8. The monoisotopic (exact) mass is 295 g/mol. The second-order valence-electron chi connectivity index (χ2n) is 3.32. The molecule has 0 atom stereocenters. The van der Waals surface area contributed by atoms with Gasteiger partial charge in [0.2, 0.25) is 0 Å². The zero-order chi connectivity index (χ0) is 12.3. The van der Waals surface area contributed by atoms with Gasteiger partial charge < -0.3 is 14.5 Å². The largest absolute Gasteiger partial charge is 0.497 e. The molecule has 1 N–H and O–H groups in total. The van der Waals surface area contributed by atoms with Crippen molar-refractivity contribution in [2.75, 3.05) is 12.4 Å². The Morgan fingerprint density at radius 1 is 1.35 bits per heavy atom. The Morgan fingerprint density at radius 3 is 2.59 bits per heavy atom. The molecule has 0 bridgehead atoms. The number of methoxy groups -OCH3 is 1. The Labute approximate surface area is 107 Å². The van der Waals surface area contributed by atoms with Gasteiger partial charge in [0.1, 0.15) is 12.0 Å². The summed E-state index contributed by atoms with van der Waals surface area (Å²) in [5.41, 5.74) is 1.17. The smallest absolute Gasteiger partial charge is 0.258 e. The molecule has 5 heteroatoms. The highest BCUT2D eigenvalue weighted by molar-refractivity contribution is 9.10. The van der Waals surface area contributed by atoms with Crippen LogP contribution in [0.15, 0.2) is 45.7 Å². The molecule has 17 heavy (non-hydrogen) atoms. The van der Waals surface area contributed by atoms with Crippen LogP contribution >= 0.6 is 15.9 Å². The molecule has 1 heterocycles. The number of benzene rings is 1. The van der Waals surface area contributed by atoms with Crippen LogP contribution in [0.2, 0.25) is 0 Å². The summed E-state index contributed by atoms with van der Waals surface area (Å²) < 4.78 is 10.5. The Morgan fingerprint density at radius 2 is 2.06 bits per heavy atom. The minimum Gasteiger partial charge on any atom is -0.497 e. The Balaban J connectivity index is 2.07. The van der Waals surface area contributed by atoms with Crippen molar-refractivity contribution in [3.05, 3.63) is 46.8 Å². The molecule has 1 aromatic heterocycles. The van der Waals surface area contributed by atoms with Crippen LogP contribution < -0.4 is 10.1 Å². The fourth-order valence-corrected chi connectivity index (χ4v) is 1.65. The van der Waals surface area contributed by atoms with E-state index in [2.05, 4.69) is 21.2 Å². The van der Waals surface area contributed by atoms with Crippen molar-refractivity contribution in [1.29, 1.82) is 0 Å². The quantitative estimate of drug-likeness (QED) is 0.945. The van der Waals surface area contributed by atoms with E-state index in [-0.39, 0.29) is 5.91 Å².